The summed E-state index contributed by atoms with van der Waals surface area (Å²) in [5.41, 5.74) is 7.31. The number of nitrogens with two attached hydrogens (primary N) is 1. The maximum Gasteiger partial charge on any atom is 0.159 e. The molecule has 3 N–H and O–H groups in total. The molecule has 0 spiro atoms. The van der Waals surface area contributed by atoms with E-state index in [0.717, 1.165) is 5.56 Å². The lowest BCUT2D eigenvalue weighted by Crippen LogP contribution is -2.01. The van der Waals surface area contributed by atoms with Gasteiger partial charge in [0.1, 0.15) is 23.0 Å². The number of anilines is 3. The fourth-order valence-corrected chi connectivity index (χ4v) is 2.09. The molecule has 5 heteroatoms. The Morgan fingerprint density at radius 2 is 1.77 bits per heavy atom. The van der Waals surface area contributed by atoms with Gasteiger partial charge in [-0.05, 0) is 36.8 Å². The Morgan fingerprint density at radius 3 is 2.45 bits per heavy atom. The zero-order valence-corrected chi connectivity index (χ0v) is 12.7. The lowest BCUT2D eigenvalue weighted by Gasteiger charge is -2.12. The van der Waals surface area contributed by atoms with E-state index in [4.69, 9.17) is 10.2 Å². The van der Waals surface area contributed by atoms with Crippen LogP contribution in [0.15, 0.2) is 41.0 Å². The second-order valence-electron chi connectivity index (χ2n) is 4.59. The van der Waals surface area contributed by atoms with E-state index in [0.29, 0.717) is 11.0 Å². The molecule has 0 saturated heterocycles. The second-order valence-corrected chi connectivity index (χ2v) is 4.59. The Kier molecular flexibility index (Phi) is 4.65. The minimum Gasteiger partial charge on any atom is -0.462 e. The van der Waals surface area contributed by atoms with E-state index in [9.17, 15) is 8.78 Å². The third-order valence-corrected chi connectivity index (χ3v) is 3.11. The van der Waals surface area contributed by atoms with Crippen LogP contribution in [-0.4, -0.2) is 0 Å². The van der Waals surface area contributed by atoms with E-state index in [-0.39, 0.29) is 17.1 Å². The van der Waals surface area contributed by atoms with Crippen molar-refractivity contribution in [3.8, 4) is 0 Å². The monoisotopic (exact) mass is 304 g/mol. The Hall–Kier alpha value is -2.56. The average Bonchev–Trinajstić information content (AvgIpc) is 2.96. The Bertz CT molecular complexity index is 797. The van der Waals surface area contributed by atoms with Crippen LogP contribution < -0.4 is 11.1 Å². The molecule has 3 aromatic rings. The number of nitrogens with one attached hydrogen (secondary N) is 1. The highest BCUT2D eigenvalue weighted by Crippen LogP contribution is 2.34. The minimum atomic E-state index is -0.559. The number of aryl methyl sites for hydroxylation is 1. The Labute approximate surface area is 127 Å². The van der Waals surface area contributed by atoms with Gasteiger partial charge in [0.05, 0.1) is 12.0 Å². The number of furan rings is 1. The standard InChI is InChI=1S/C15H12F2N2O.C2H6/c1-8-2-3-12(10(16)6-8)19-14-11(17)7-9-4-5-20-15(9)13(14)18;1-2/h2-7,19H,18H2,1H3;1-2H3. The SMILES string of the molecule is CC.Cc1ccc(Nc2c(F)cc3ccoc3c2N)c(F)c1. The van der Waals surface area contributed by atoms with Crippen molar-refractivity contribution in [2.75, 3.05) is 11.1 Å². The molecule has 0 fully saturated rings. The lowest BCUT2D eigenvalue weighted by atomic mass is 10.1. The van der Waals surface area contributed by atoms with E-state index in [1.54, 1.807) is 19.1 Å². The molecule has 22 heavy (non-hydrogen) atoms. The van der Waals surface area contributed by atoms with E-state index in [1.165, 1.54) is 24.5 Å². The number of benzene rings is 2. The summed E-state index contributed by atoms with van der Waals surface area (Å²) >= 11 is 0. The van der Waals surface area contributed by atoms with Crippen LogP contribution in [0.3, 0.4) is 0 Å². The summed E-state index contributed by atoms with van der Waals surface area (Å²) in [5, 5.41) is 3.25. The summed E-state index contributed by atoms with van der Waals surface area (Å²) in [5.74, 6) is -1.03. The predicted molar refractivity (Wildman–Crippen MR) is 86.4 cm³/mol. The summed E-state index contributed by atoms with van der Waals surface area (Å²) in [6.07, 6.45) is 1.43. The highest BCUT2D eigenvalue weighted by atomic mass is 19.1. The number of halogens is 2. The van der Waals surface area contributed by atoms with E-state index in [2.05, 4.69) is 5.32 Å². The third-order valence-electron chi connectivity index (χ3n) is 3.11. The van der Waals surface area contributed by atoms with Crippen LogP contribution in [0.2, 0.25) is 0 Å². The molecule has 116 valence electrons. The largest absolute Gasteiger partial charge is 0.462 e. The number of nitrogen functional groups attached to an aromatic ring is 1. The molecule has 0 radical (unpaired) electrons. The van der Waals surface area contributed by atoms with Crippen LogP contribution >= 0.6 is 0 Å². The topological polar surface area (TPSA) is 51.2 Å². The van der Waals surface area contributed by atoms with Crippen molar-refractivity contribution in [3.05, 3.63) is 53.8 Å². The lowest BCUT2D eigenvalue weighted by molar-refractivity contribution is 0.612. The fraction of sp³-hybridized carbons (Fsp3) is 0.176. The summed E-state index contributed by atoms with van der Waals surface area (Å²) in [6.45, 7) is 5.77. The number of rotatable bonds is 2. The van der Waals surface area contributed by atoms with Crippen molar-refractivity contribution in [2.45, 2.75) is 20.8 Å². The van der Waals surface area contributed by atoms with Crippen LogP contribution in [0.1, 0.15) is 19.4 Å². The van der Waals surface area contributed by atoms with Crippen LogP contribution in [0.4, 0.5) is 25.8 Å². The zero-order valence-electron chi connectivity index (χ0n) is 12.7. The van der Waals surface area contributed by atoms with Gasteiger partial charge in [0, 0.05) is 5.39 Å². The van der Waals surface area contributed by atoms with Gasteiger partial charge in [-0.25, -0.2) is 8.78 Å². The third kappa shape index (κ3) is 2.88. The highest BCUT2D eigenvalue weighted by Gasteiger charge is 2.15. The molecule has 0 aliphatic heterocycles. The Balaban J connectivity index is 0.000000847. The molecule has 3 nitrogen and oxygen atoms in total. The summed E-state index contributed by atoms with van der Waals surface area (Å²) in [7, 11) is 0. The van der Waals surface area contributed by atoms with Crippen LogP contribution in [-0.2, 0) is 0 Å². The van der Waals surface area contributed by atoms with Gasteiger partial charge >= 0.3 is 0 Å². The summed E-state index contributed by atoms with van der Waals surface area (Å²) in [4.78, 5) is 0. The second kappa shape index (κ2) is 6.47. The Morgan fingerprint density at radius 1 is 1.05 bits per heavy atom. The highest BCUT2D eigenvalue weighted by molar-refractivity contribution is 5.96. The smallest absolute Gasteiger partial charge is 0.159 e. The molecule has 0 amide bonds. The van der Waals surface area contributed by atoms with Gasteiger partial charge < -0.3 is 15.5 Å². The van der Waals surface area contributed by atoms with Crippen molar-refractivity contribution in [1.29, 1.82) is 0 Å². The number of hydrogen-bond donors (Lipinski definition) is 2. The van der Waals surface area contributed by atoms with E-state index >= 15 is 0 Å². The van der Waals surface area contributed by atoms with Gasteiger partial charge in [0.25, 0.3) is 0 Å². The predicted octanol–water partition coefficient (Wildman–Crippen LogP) is 5.37. The zero-order chi connectivity index (χ0) is 16.3. The van der Waals surface area contributed by atoms with Crippen molar-refractivity contribution in [1.82, 2.24) is 0 Å². The molecule has 1 aromatic heterocycles. The van der Waals surface area contributed by atoms with Gasteiger partial charge in [0.15, 0.2) is 5.58 Å². The van der Waals surface area contributed by atoms with Gasteiger partial charge in [-0.3, -0.25) is 0 Å². The van der Waals surface area contributed by atoms with Crippen LogP contribution in [0.5, 0.6) is 0 Å². The molecule has 0 saturated carbocycles. The fourth-order valence-electron chi connectivity index (χ4n) is 2.09. The van der Waals surface area contributed by atoms with Gasteiger partial charge in [0.2, 0.25) is 0 Å². The summed E-state index contributed by atoms with van der Waals surface area (Å²) < 4.78 is 33.1. The first-order valence-electron chi connectivity index (χ1n) is 7.04. The van der Waals surface area contributed by atoms with Gasteiger partial charge in [-0.1, -0.05) is 19.9 Å². The van der Waals surface area contributed by atoms with Crippen molar-refractivity contribution >= 4 is 28.0 Å². The molecule has 0 aliphatic rings. The molecular formula is C17H18F2N2O. The molecule has 0 bridgehead atoms. The quantitative estimate of drug-likeness (QED) is 0.626. The van der Waals surface area contributed by atoms with Gasteiger partial charge in [-0.2, -0.15) is 0 Å². The van der Waals surface area contributed by atoms with Crippen LogP contribution in [0.25, 0.3) is 11.0 Å². The normalized spacial score (nSPS) is 10.2. The maximum absolute atomic E-state index is 14.0. The van der Waals surface area contributed by atoms with Gasteiger partial charge in [-0.15, -0.1) is 0 Å². The van der Waals surface area contributed by atoms with Crippen molar-refractivity contribution < 1.29 is 13.2 Å². The minimum absolute atomic E-state index is 0.00945. The summed E-state index contributed by atoms with van der Waals surface area (Å²) in [6, 6.07) is 7.54. The van der Waals surface area contributed by atoms with E-state index in [1.807, 2.05) is 13.8 Å². The average molecular weight is 304 g/mol. The first kappa shape index (κ1) is 15.8. The molecule has 0 aliphatic carbocycles. The molecule has 1 heterocycles. The van der Waals surface area contributed by atoms with Crippen molar-refractivity contribution in [3.63, 3.8) is 0 Å². The number of fused-ring (bicyclic) bond motifs is 1. The first-order chi connectivity index (χ1) is 10.6. The molecular weight excluding hydrogens is 286 g/mol. The van der Waals surface area contributed by atoms with Crippen molar-refractivity contribution in [2.24, 2.45) is 0 Å². The first-order valence-corrected chi connectivity index (χ1v) is 7.04. The number of hydrogen-bond acceptors (Lipinski definition) is 3. The molecule has 2 aromatic carbocycles. The van der Waals surface area contributed by atoms with E-state index < -0.39 is 11.6 Å². The maximum atomic E-state index is 14.0. The molecule has 3 rings (SSSR count). The van der Waals surface area contributed by atoms with Crippen LogP contribution in [0, 0.1) is 18.6 Å². The molecule has 0 atom stereocenters. The molecule has 0 unspecified atom stereocenters.